The standard InChI is InChI=1S/C25H27F2N3O8/c26-16-8-4-14(5-9-16)22(15-6-10-17(27)11-7-15)30-20(31)3-1-2-18(23(34)35)28-25(38)29-19(24(36)37)12-13-21(32)33/h4-11,18-19,22H,1-3,12-13H2,(H,30,31)(H,32,33)(H,34,35)(H,36,37)(H2,28,29,38)/t18-,19-/m0/s1. The van der Waals surface area contributed by atoms with Gasteiger partial charge in [-0.25, -0.2) is 23.2 Å². The van der Waals surface area contributed by atoms with Crippen LogP contribution in [0.3, 0.4) is 0 Å². The second kappa shape index (κ2) is 14.3. The van der Waals surface area contributed by atoms with Crippen molar-refractivity contribution in [3.8, 4) is 0 Å². The van der Waals surface area contributed by atoms with Gasteiger partial charge in [-0.2, -0.15) is 0 Å². The molecule has 0 fully saturated rings. The SMILES string of the molecule is O=C(O)CC[C@H](NC(=O)N[C@@H](CCCC(=O)NC(c1ccc(F)cc1)c1ccc(F)cc1)C(=O)O)C(=O)O. The molecule has 0 saturated carbocycles. The first-order chi connectivity index (χ1) is 18.0. The number of carboxylic acids is 3. The third-order valence-corrected chi connectivity index (χ3v) is 5.46. The quantitative estimate of drug-likeness (QED) is 0.213. The van der Waals surface area contributed by atoms with Gasteiger partial charge < -0.3 is 31.3 Å². The number of hydrogen-bond acceptors (Lipinski definition) is 5. The van der Waals surface area contributed by atoms with Crippen LogP contribution in [-0.4, -0.2) is 57.2 Å². The molecule has 38 heavy (non-hydrogen) atoms. The molecule has 0 heterocycles. The normalized spacial score (nSPS) is 12.3. The summed E-state index contributed by atoms with van der Waals surface area (Å²) in [5.41, 5.74) is 1.06. The van der Waals surface area contributed by atoms with E-state index in [4.69, 9.17) is 10.2 Å². The van der Waals surface area contributed by atoms with Gasteiger partial charge in [0.15, 0.2) is 0 Å². The van der Waals surface area contributed by atoms with E-state index in [0.29, 0.717) is 11.1 Å². The summed E-state index contributed by atoms with van der Waals surface area (Å²) in [5, 5.41) is 34.1. The molecule has 0 bridgehead atoms. The molecule has 2 aromatic carbocycles. The van der Waals surface area contributed by atoms with Crippen LogP contribution in [0.5, 0.6) is 0 Å². The molecular formula is C25H27F2N3O8. The van der Waals surface area contributed by atoms with Gasteiger partial charge in [0, 0.05) is 12.8 Å². The van der Waals surface area contributed by atoms with Crippen LogP contribution in [0.2, 0.25) is 0 Å². The molecule has 6 N–H and O–H groups in total. The molecule has 0 aliphatic heterocycles. The molecule has 0 spiro atoms. The van der Waals surface area contributed by atoms with Crippen LogP contribution in [0.1, 0.15) is 49.3 Å². The van der Waals surface area contributed by atoms with Crippen molar-refractivity contribution in [1.82, 2.24) is 16.0 Å². The van der Waals surface area contributed by atoms with Crippen LogP contribution < -0.4 is 16.0 Å². The molecule has 0 saturated heterocycles. The number of aliphatic carboxylic acids is 3. The van der Waals surface area contributed by atoms with E-state index in [1.807, 2.05) is 5.32 Å². The lowest BCUT2D eigenvalue weighted by atomic mass is 9.98. The summed E-state index contributed by atoms with van der Waals surface area (Å²) in [6.45, 7) is 0. The highest BCUT2D eigenvalue weighted by Crippen LogP contribution is 2.23. The zero-order valence-corrected chi connectivity index (χ0v) is 20.0. The fourth-order valence-corrected chi connectivity index (χ4v) is 3.51. The number of carbonyl (C=O) groups excluding carboxylic acids is 2. The average Bonchev–Trinajstić information content (AvgIpc) is 2.85. The summed E-state index contributed by atoms with van der Waals surface area (Å²) in [5.74, 6) is -5.62. The maximum atomic E-state index is 13.4. The predicted molar refractivity (Wildman–Crippen MR) is 128 cm³/mol. The molecule has 0 radical (unpaired) electrons. The summed E-state index contributed by atoms with van der Waals surface area (Å²) in [7, 11) is 0. The lowest BCUT2D eigenvalue weighted by Gasteiger charge is -2.21. The second-order valence-corrected chi connectivity index (χ2v) is 8.33. The van der Waals surface area contributed by atoms with Gasteiger partial charge in [0.25, 0.3) is 0 Å². The second-order valence-electron chi connectivity index (χ2n) is 8.33. The Bertz CT molecular complexity index is 1100. The minimum Gasteiger partial charge on any atom is -0.481 e. The Morgan fingerprint density at radius 3 is 1.53 bits per heavy atom. The Morgan fingerprint density at radius 1 is 0.658 bits per heavy atom. The van der Waals surface area contributed by atoms with Crippen molar-refractivity contribution in [2.24, 2.45) is 0 Å². The molecule has 204 valence electrons. The summed E-state index contributed by atoms with van der Waals surface area (Å²) >= 11 is 0. The van der Waals surface area contributed by atoms with E-state index in [1.54, 1.807) is 0 Å². The van der Waals surface area contributed by atoms with Crippen molar-refractivity contribution in [3.63, 3.8) is 0 Å². The van der Waals surface area contributed by atoms with E-state index in [-0.39, 0.29) is 19.3 Å². The van der Waals surface area contributed by atoms with E-state index in [1.165, 1.54) is 48.5 Å². The zero-order chi connectivity index (χ0) is 28.2. The molecular weight excluding hydrogens is 508 g/mol. The minimum atomic E-state index is -1.54. The van der Waals surface area contributed by atoms with Crippen LogP contribution in [0.15, 0.2) is 48.5 Å². The first-order valence-corrected chi connectivity index (χ1v) is 11.5. The number of carboxylic acid groups (broad SMARTS) is 3. The molecule has 0 aromatic heterocycles. The number of urea groups is 1. The summed E-state index contributed by atoms with van der Waals surface area (Å²) in [4.78, 5) is 58.1. The molecule has 2 rings (SSSR count). The third-order valence-electron chi connectivity index (χ3n) is 5.46. The first kappa shape index (κ1) is 29.7. The number of benzene rings is 2. The Kier molecular flexibility index (Phi) is 11.1. The molecule has 0 aliphatic rings. The predicted octanol–water partition coefficient (Wildman–Crippen LogP) is 2.41. The number of halogens is 2. The summed E-state index contributed by atoms with van der Waals surface area (Å²) in [6.07, 6.45) is -1.24. The van der Waals surface area contributed by atoms with Gasteiger partial charge in [0.1, 0.15) is 23.7 Å². The largest absolute Gasteiger partial charge is 0.481 e. The van der Waals surface area contributed by atoms with Crippen molar-refractivity contribution < 1.29 is 48.1 Å². The number of carbonyl (C=O) groups is 5. The van der Waals surface area contributed by atoms with E-state index in [2.05, 4.69) is 10.6 Å². The molecule has 3 amide bonds. The molecule has 0 aliphatic carbocycles. The van der Waals surface area contributed by atoms with E-state index in [0.717, 1.165) is 0 Å². The maximum Gasteiger partial charge on any atom is 0.326 e. The van der Waals surface area contributed by atoms with Gasteiger partial charge in [-0.05, 0) is 54.7 Å². The summed E-state index contributed by atoms with van der Waals surface area (Å²) < 4.78 is 26.7. The zero-order valence-electron chi connectivity index (χ0n) is 20.0. The number of amides is 3. The van der Waals surface area contributed by atoms with Gasteiger partial charge in [-0.15, -0.1) is 0 Å². The Morgan fingerprint density at radius 2 is 1.11 bits per heavy atom. The Hall–Kier alpha value is -4.55. The van der Waals surface area contributed by atoms with Crippen LogP contribution in [0.25, 0.3) is 0 Å². The smallest absolute Gasteiger partial charge is 0.326 e. The van der Waals surface area contributed by atoms with Gasteiger partial charge >= 0.3 is 23.9 Å². The molecule has 11 nitrogen and oxygen atoms in total. The number of nitrogens with one attached hydrogen (secondary N) is 3. The van der Waals surface area contributed by atoms with Crippen molar-refractivity contribution in [2.75, 3.05) is 0 Å². The third kappa shape index (κ3) is 9.84. The van der Waals surface area contributed by atoms with E-state index >= 15 is 0 Å². The highest BCUT2D eigenvalue weighted by atomic mass is 19.1. The van der Waals surface area contributed by atoms with Gasteiger partial charge in [0.05, 0.1) is 6.04 Å². The fraction of sp³-hybridized carbons (Fsp3) is 0.320. The van der Waals surface area contributed by atoms with Gasteiger partial charge in [-0.3, -0.25) is 9.59 Å². The first-order valence-electron chi connectivity index (χ1n) is 11.5. The Labute approximate surface area is 215 Å². The highest BCUT2D eigenvalue weighted by Gasteiger charge is 2.25. The van der Waals surface area contributed by atoms with Crippen molar-refractivity contribution in [2.45, 2.75) is 50.2 Å². The lowest BCUT2D eigenvalue weighted by molar-refractivity contribution is -0.140. The van der Waals surface area contributed by atoms with Crippen molar-refractivity contribution >= 4 is 29.8 Å². The van der Waals surface area contributed by atoms with Gasteiger partial charge in [-0.1, -0.05) is 24.3 Å². The molecule has 13 heteroatoms. The van der Waals surface area contributed by atoms with Gasteiger partial charge in [0.2, 0.25) is 5.91 Å². The number of hydrogen-bond donors (Lipinski definition) is 6. The molecule has 0 unspecified atom stereocenters. The highest BCUT2D eigenvalue weighted by molar-refractivity contribution is 5.86. The van der Waals surface area contributed by atoms with Crippen LogP contribution >= 0.6 is 0 Å². The summed E-state index contributed by atoms with van der Waals surface area (Å²) in [6, 6.07) is 5.86. The minimum absolute atomic E-state index is 0.0179. The van der Waals surface area contributed by atoms with Crippen LogP contribution in [0.4, 0.5) is 13.6 Å². The lowest BCUT2D eigenvalue weighted by Crippen LogP contribution is -2.51. The Balaban J connectivity index is 1.96. The molecule has 2 aromatic rings. The van der Waals surface area contributed by atoms with Crippen LogP contribution in [0, 0.1) is 11.6 Å². The van der Waals surface area contributed by atoms with E-state index < -0.39 is 72.4 Å². The monoisotopic (exact) mass is 535 g/mol. The average molecular weight is 536 g/mol. The maximum absolute atomic E-state index is 13.4. The molecule has 2 atom stereocenters. The van der Waals surface area contributed by atoms with Crippen molar-refractivity contribution in [1.29, 1.82) is 0 Å². The fourth-order valence-electron chi connectivity index (χ4n) is 3.51. The number of rotatable bonds is 14. The topological polar surface area (TPSA) is 182 Å². The van der Waals surface area contributed by atoms with E-state index in [9.17, 15) is 37.9 Å². The van der Waals surface area contributed by atoms with Crippen LogP contribution in [-0.2, 0) is 19.2 Å². The van der Waals surface area contributed by atoms with Crippen molar-refractivity contribution in [3.05, 3.63) is 71.3 Å².